The SMILES string of the molecule is C=CCOC(=O)c1nc(C(=O)OCC=C)nc(C(=O)OCC=C)n1. The number of hydrogen-bond donors (Lipinski definition) is 0. The molecule has 1 aromatic rings. The monoisotopic (exact) mass is 333 g/mol. The molecule has 1 heterocycles. The average Bonchev–Trinajstić information content (AvgIpc) is 2.61. The maximum absolute atomic E-state index is 11.8. The first-order chi connectivity index (χ1) is 11.5. The topological polar surface area (TPSA) is 118 Å². The van der Waals surface area contributed by atoms with Gasteiger partial charge in [-0.15, -0.1) is 0 Å². The molecule has 0 amide bonds. The maximum atomic E-state index is 11.8. The second-order valence-corrected chi connectivity index (χ2v) is 3.97. The summed E-state index contributed by atoms with van der Waals surface area (Å²) in [6.45, 7) is 9.86. The zero-order valence-corrected chi connectivity index (χ0v) is 12.8. The summed E-state index contributed by atoms with van der Waals surface area (Å²) < 4.78 is 14.3. The summed E-state index contributed by atoms with van der Waals surface area (Å²) in [4.78, 5) is 46.4. The molecule has 1 aromatic heterocycles. The Hall–Kier alpha value is -3.36. The average molecular weight is 333 g/mol. The number of aromatic nitrogens is 3. The number of nitrogens with zero attached hydrogens (tertiary/aromatic N) is 3. The van der Waals surface area contributed by atoms with Gasteiger partial charge in [0.1, 0.15) is 19.8 Å². The number of esters is 3. The Morgan fingerprint density at radius 2 is 0.917 bits per heavy atom. The zero-order chi connectivity index (χ0) is 17.9. The van der Waals surface area contributed by atoms with E-state index in [1.165, 1.54) is 18.2 Å². The minimum absolute atomic E-state index is 0.100. The van der Waals surface area contributed by atoms with E-state index in [1.54, 1.807) is 0 Å². The van der Waals surface area contributed by atoms with Crippen molar-refractivity contribution in [2.24, 2.45) is 0 Å². The molecule has 0 unspecified atom stereocenters. The number of hydrogen-bond acceptors (Lipinski definition) is 9. The van der Waals surface area contributed by atoms with Crippen LogP contribution in [0.1, 0.15) is 31.9 Å². The Kier molecular flexibility index (Phi) is 7.49. The lowest BCUT2D eigenvalue weighted by Crippen LogP contribution is -2.22. The van der Waals surface area contributed by atoms with Crippen molar-refractivity contribution >= 4 is 17.9 Å². The van der Waals surface area contributed by atoms with E-state index in [9.17, 15) is 14.4 Å². The summed E-state index contributed by atoms with van der Waals surface area (Å²) >= 11 is 0. The standard InChI is InChI=1S/C15H15N3O6/c1-4-7-22-13(19)10-16-11(14(20)23-8-5-2)18-12(17-10)15(21)24-9-6-3/h4-6H,1-3,7-9H2. The molecule has 0 radical (unpaired) electrons. The first-order valence-corrected chi connectivity index (χ1v) is 6.63. The minimum atomic E-state index is -0.965. The van der Waals surface area contributed by atoms with Gasteiger partial charge in [0.2, 0.25) is 17.5 Å². The van der Waals surface area contributed by atoms with Crippen LogP contribution >= 0.6 is 0 Å². The van der Waals surface area contributed by atoms with Crippen molar-refractivity contribution < 1.29 is 28.6 Å². The molecule has 0 bridgehead atoms. The smallest absolute Gasteiger partial charge is 0.376 e. The molecule has 0 saturated carbocycles. The molecule has 0 N–H and O–H groups in total. The second kappa shape index (κ2) is 9.62. The first kappa shape index (κ1) is 18.7. The van der Waals surface area contributed by atoms with Crippen molar-refractivity contribution in [3.63, 3.8) is 0 Å². The van der Waals surface area contributed by atoms with Crippen molar-refractivity contribution in [2.75, 3.05) is 19.8 Å². The Morgan fingerprint density at radius 1 is 0.667 bits per heavy atom. The molecule has 0 aliphatic heterocycles. The number of rotatable bonds is 9. The lowest BCUT2D eigenvalue weighted by molar-refractivity contribution is 0.0511. The third-order valence-corrected chi connectivity index (χ3v) is 2.18. The van der Waals surface area contributed by atoms with Crippen LogP contribution in [-0.4, -0.2) is 52.7 Å². The van der Waals surface area contributed by atoms with Crippen LogP contribution in [0.2, 0.25) is 0 Å². The summed E-state index contributed by atoms with van der Waals surface area (Å²) in [6, 6.07) is 0. The highest BCUT2D eigenvalue weighted by atomic mass is 16.5. The van der Waals surface area contributed by atoms with Gasteiger partial charge >= 0.3 is 17.9 Å². The van der Waals surface area contributed by atoms with Crippen molar-refractivity contribution in [2.45, 2.75) is 0 Å². The molecular formula is C15H15N3O6. The van der Waals surface area contributed by atoms with E-state index in [4.69, 9.17) is 14.2 Å². The van der Waals surface area contributed by atoms with Crippen LogP contribution < -0.4 is 0 Å². The summed E-state index contributed by atoms with van der Waals surface area (Å²) in [6.07, 6.45) is 3.99. The van der Waals surface area contributed by atoms with E-state index < -0.39 is 35.4 Å². The van der Waals surface area contributed by atoms with Crippen LogP contribution in [0.25, 0.3) is 0 Å². The molecule has 0 atom stereocenters. The number of carbonyl (C=O) groups is 3. The van der Waals surface area contributed by atoms with E-state index >= 15 is 0 Å². The van der Waals surface area contributed by atoms with Crippen LogP contribution in [-0.2, 0) is 14.2 Å². The molecular weight excluding hydrogens is 318 g/mol. The van der Waals surface area contributed by atoms with Gasteiger partial charge in [0, 0.05) is 0 Å². The van der Waals surface area contributed by atoms with Gasteiger partial charge in [-0.3, -0.25) is 0 Å². The molecule has 0 aliphatic carbocycles. The molecule has 0 spiro atoms. The van der Waals surface area contributed by atoms with Crippen LogP contribution in [0.5, 0.6) is 0 Å². The predicted octanol–water partition coefficient (Wildman–Crippen LogP) is 0.900. The Labute approximate surface area is 137 Å². The highest BCUT2D eigenvalue weighted by molar-refractivity contribution is 5.92. The minimum Gasteiger partial charge on any atom is -0.456 e. The molecule has 9 heteroatoms. The third kappa shape index (κ3) is 5.44. The highest BCUT2D eigenvalue weighted by Gasteiger charge is 2.23. The fourth-order valence-electron chi connectivity index (χ4n) is 1.25. The van der Waals surface area contributed by atoms with E-state index in [2.05, 4.69) is 34.7 Å². The Balaban J connectivity index is 3.17. The van der Waals surface area contributed by atoms with Gasteiger partial charge in [-0.1, -0.05) is 38.0 Å². The molecule has 0 aliphatic rings. The Morgan fingerprint density at radius 3 is 1.12 bits per heavy atom. The summed E-state index contributed by atoms with van der Waals surface area (Å²) in [5.41, 5.74) is 0. The molecule has 24 heavy (non-hydrogen) atoms. The Bertz CT molecular complexity index is 568. The zero-order valence-electron chi connectivity index (χ0n) is 12.8. The summed E-state index contributed by atoms with van der Waals surface area (Å²) in [7, 11) is 0. The molecule has 0 aromatic carbocycles. The van der Waals surface area contributed by atoms with Crippen molar-refractivity contribution in [1.29, 1.82) is 0 Å². The highest BCUT2D eigenvalue weighted by Crippen LogP contribution is 2.03. The maximum Gasteiger partial charge on any atom is 0.376 e. The third-order valence-electron chi connectivity index (χ3n) is 2.18. The summed E-state index contributed by atoms with van der Waals surface area (Å²) in [5, 5.41) is 0. The fraction of sp³-hybridized carbons (Fsp3) is 0.200. The lowest BCUT2D eigenvalue weighted by Gasteiger charge is -2.06. The molecule has 1 rings (SSSR count). The van der Waals surface area contributed by atoms with Crippen molar-refractivity contribution in [3.05, 3.63) is 55.4 Å². The fourth-order valence-corrected chi connectivity index (χ4v) is 1.25. The predicted molar refractivity (Wildman–Crippen MR) is 81.3 cm³/mol. The summed E-state index contributed by atoms with van der Waals surface area (Å²) in [5.74, 6) is -4.51. The van der Waals surface area contributed by atoms with Crippen LogP contribution in [0, 0.1) is 0 Å². The van der Waals surface area contributed by atoms with Gasteiger partial charge in [0.25, 0.3) is 0 Å². The molecule has 0 fully saturated rings. The van der Waals surface area contributed by atoms with Crippen LogP contribution in [0.15, 0.2) is 38.0 Å². The van der Waals surface area contributed by atoms with Gasteiger partial charge in [-0.05, 0) is 0 Å². The van der Waals surface area contributed by atoms with E-state index in [0.717, 1.165) is 0 Å². The molecule has 9 nitrogen and oxygen atoms in total. The van der Waals surface area contributed by atoms with Crippen LogP contribution in [0.3, 0.4) is 0 Å². The first-order valence-electron chi connectivity index (χ1n) is 6.63. The van der Waals surface area contributed by atoms with Crippen molar-refractivity contribution in [3.8, 4) is 0 Å². The molecule has 0 saturated heterocycles. The van der Waals surface area contributed by atoms with E-state index in [-0.39, 0.29) is 19.8 Å². The second-order valence-electron chi connectivity index (χ2n) is 3.97. The largest absolute Gasteiger partial charge is 0.456 e. The number of carbonyl (C=O) groups excluding carboxylic acids is 3. The van der Waals surface area contributed by atoms with Gasteiger partial charge in [0.05, 0.1) is 0 Å². The lowest BCUT2D eigenvalue weighted by atomic mass is 10.5. The number of ether oxygens (including phenoxy) is 3. The van der Waals surface area contributed by atoms with Gasteiger partial charge in [-0.2, -0.15) is 15.0 Å². The van der Waals surface area contributed by atoms with Gasteiger partial charge in [0.15, 0.2) is 0 Å². The van der Waals surface area contributed by atoms with Crippen molar-refractivity contribution in [1.82, 2.24) is 15.0 Å². The molecule has 126 valence electrons. The van der Waals surface area contributed by atoms with Gasteiger partial charge < -0.3 is 14.2 Å². The quantitative estimate of drug-likeness (QED) is 0.369. The normalized spacial score (nSPS) is 9.50. The van der Waals surface area contributed by atoms with E-state index in [0.29, 0.717) is 0 Å². The van der Waals surface area contributed by atoms with Gasteiger partial charge in [-0.25, -0.2) is 14.4 Å². The van der Waals surface area contributed by atoms with E-state index in [1.807, 2.05) is 0 Å². The van der Waals surface area contributed by atoms with Crippen LogP contribution in [0.4, 0.5) is 0 Å².